The number of rotatable bonds is 4. The van der Waals surface area contributed by atoms with Gasteiger partial charge in [-0.3, -0.25) is 0 Å². The molecular formula is C7H16N2S. The zero-order chi connectivity index (χ0) is 7.23. The molecule has 1 aliphatic heterocycles. The van der Waals surface area contributed by atoms with Gasteiger partial charge in [0.1, 0.15) is 0 Å². The third-order valence-electron chi connectivity index (χ3n) is 1.78. The van der Waals surface area contributed by atoms with Crippen LogP contribution in [0.4, 0.5) is 0 Å². The highest BCUT2D eigenvalue weighted by Crippen LogP contribution is 2.13. The smallest absolute Gasteiger partial charge is 0.00559 e. The third-order valence-corrected chi connectivity index (χ3v) is 3.01. The molecule has 1 heterocycles. The van der Waals surface area contributed by atoms with Crippen molar-refractivity contribution >= 4 is 11.8 Å². The van der Waals surface area contributed by atoms with Crippen LogP contribution in [-0.2, 0) is 0 Å². The molecule has 0 amide bonds. The minimum absolute atomic E-state index is 0.824. The highest BCUT2D eigenvalue weighted by Gasteiger charge is 2.13. The molecule has 0 saturated carbocycles. The zero-order valence-corrected chi connectivity index (χ0v) is 7.12. The Bertz CT molecular complexity index is 81.7. The van der Waals surface area contributed by atoms with Gasteiger partial charge in [-0.05, 0) is 31.2 Å². The maximum absolute atomic E-state index is 5.38. The van der Waals surface area contributed by atoms with Crippen LogP contribution in [-0.4, -0.2) is 31.1 Å². The van der Waals surface area contributed by atoms with Crippen molar-refractivity contribution in [3.63, 3.8) is 0 Å². The second-order valence-electron chi connectivity index (χ2n) is 2.72. The van der Waals surface area contributed by atoms with Gasteiger partial charge in [0.15, 0.2) is 0 Å². The van der Waals surface area contributed by atoms with E-state index < -0.39 is 0 Å². The number of nitrogens with one attached hydrogen (secondary N) is 1. The molecule has 3 heteroatoms. The minimum Gasteiger partial charge on any atom is -0.330 e. The Labute approximate surface area is 66.9 Å². The highest BCUT2D eigenvalue weighted by atomic mass is 32.2. The van der Waals surface area contributed by atoms with Crippen molar-refractivity contribution in [3.05, 3.63) is 0 Å². The van der Waals surface area contributed by atoms with Crippen molar-refractivity contribution in [2.45, 2.75) is 6.42 Å². The predicted molar refractivity (Wildman–Crippen MR) is 47.4 cm³/mol. The molecule has 0 aliphatic carbocycles. The monoisotopic (exact) mass is 160 g/mol. The lowest BCUT2D eigenvalue weighted by Crippen LogP contribution is -2.11. The van der Waals surface area contributed by atoms with E-state index in [9.17, 15) is 0 Å². The number of hydrogen-bond acceptors (Lipinski definition) is 3. The van der Waals surface area contributed by atoms with E-state index in [-0.39, 0.29) is 0 Å². The van der Waals surface area contributed by atoms with Gasteiger partial charge in [-0.1, -0.05) is 0 Å². The first kappa shape index (κ1) is 8.37. The fourth-order valence-electron chi connectivity index (χ4n) is 1.19. The largest absolute Gasteiger partial charge is 0.330 e. The molecule has 0 aromatic carbocycles. The van der Waals surface area contributed by atoms with E-state index in [2.05, 4.69) is 5.32 Å². The Kier molecular flexibility index (Phi) is 4.18. The third kappa shape index (κ3) is 2.90. The summed E-state index contributed by atoms with van der Waals surface area (Å²) in [6.07, 6.45) is 1.36. The molecule has 1 fully saturated rings. The summed E-state index contributed by atoms with van der Waals surface area (Å²) in [6, 6.07) is 0. The minimum atomic E-state index is 0.824. The van der Waals surface area contributed by atoms with Gasteiger partial charge >= 0.3 is 0 Å². The molecule has 1 unspecified atom stereocenters. The van der Waals surface area contributed by atoms with Gasteiger partial charge in [0.05, 0.1) is 0 Å². The van der Waals surface area contributed by atoms with E-state index in [1.54, 1.807) is 0 Å². The van der Waals surface area contributed by atoms with E-state index in [1.807, 2.05) is 11.8 Å². The van der Waals surface area contributed by atoms with Crippen molar-refractivity contribution in [2.75, 3.05) is 31.1 Å². The first-order chi connectivity index (χ1) is 4.93. The SMILES string of the molecule is NCCSCC1CCNC1. The van der Waals surface area contributed by atoms with E-state index in [0.29, 0.717) is 0 Å². The quantitative estimate of drug-likeness (QED) is 0.580. The molecule has 1 atom stereocenters. The fraction of sp³-hybridized carbons (Fsp3) is 1.00. The fourth-order valence-corrected chi connectivity index (χ4v) is 2.14. The Hall–Kier alpha value is 0.270. The van der Waals surface area contributed by atoms with Crippen LogP contribution >= 0.6 is 11.8 Å². The summed E-state index contributed by atoms with van der Waals surface area (Å²) in [5.41, 5.74) is 5.38. The van der Waals surface area contributed by atoms with Gasteiger partial charge in [0.2, 0.25) is 0 Å². The van der Waals surface area contributed by atoms with Gasteiger partial charge in [0.25, 0.3) is 0 Å². The second-order valence-corrected chi connectivity index (χ2v) is 3.87. The van der Waals surface area contributed by atoms with Crippen LogP contribution in [0, 0.1) is 5.92 Å². The molecule has 0 aromatic heterocycles. The Morgan fingerprint density at radius 3 is 3.10 bits per heavy atom. The lowest BCUT2D eigenvalue weighted by atomic mass is 10.2. The number of thioether (sulfide) groups is 1. The maximum Gasteiger partial charge on any atom is 0.00559 e. The maximum atomic E-state index is 5.38. The van der Waals surface area contributed by atoms with Crippen LogP contribution in [0.25, 0.3) is 0 Å². The Morgan fingerprint density at radius 1 is 1.60 bits per heavy atom. The van der Waals surface area contributed by atoms with Crippen molar-refractivity contribution in [2.24, 2.45) is 11.7 Å². The van der Waals surface area contributed by atoms with Gasteiger partial charge < -0.3 is 11.1 Å². The normalized spacial score (nSPS) is 25.5. The Morgan fingerprint density at radius 2 is 2.50 bits per heavy atom. The lowest BCUT2D eigenvalue weighted by molar-refractivity contribution is 0.662. The summed E-state index contributed by atoms with van der Waals surface area (Å²) in [5.74, 6) is 3.33. The summed E-state index contributed by atoms with van der Waals surface area (Å²) in [5, 5.41) is 3.35. The molecule has 0 spiro atoms. The molecule has 2 nitrogen and oxygen atoms in total. The first-order valence-corrected chi connectivity index (χ1v) is 5.07. The van der Waals surface area contributed by atoms with E-state index in [0.717, 1.165) is 18.2 Å². The molecule has 0 bridgehead atoms. The standard InChI is InChI=1S/C7H16N2S/c8-2-4-10-6-7-1-3-9-5-7/h7,9H,1-6,8H2. The lowest BCUT2D eigenvalue weighted by Gasteiger charge is -2.05. The van der Waals surface area contributed by atoms with Crippen LogP contribution in [0.5, 0.6) is 0 Å². The average Bonchev–Trinajstić information content (AvgIpc) is 2.41. The van der Waals surface area contributed by atoms with Crippen molar-refractivity contribution in [3.8, 4) is 0 Å². The summed E-state index contributed by atoms with van der Waals surface area (Å²) >= 11 is 1.99. The van der Waals surface area contributed by atoms with Gasteiger partial charge in [-0.2, -0.15) is 11.8 Å². The van der Waals surface area contributed by atoms with Crippen LogP contribution in [0.3, 0.4) is 0 Å². The topological polar surface area (TPSA) is 38.0 Å². The van der Waals surface area contributed by atoms with Crippen LogP contribution in [0.1, 0.15) is 6.42 Å². The molecule has 0 radical (unpaired) electrons. The van der Waals surface area contributed by atoms with Gasteiger partial charge in [-0.25, -0.2) is 0 Å². The molecule has 1 saturated heterocycles. The zero-order valence-electron chi connectivity index (χ0n) is 6.31. The molecular weight excluding hydrogens is 144 g/mol. The number of hydrogen-bond donors (Lipinski definition) is 2. The van der Waals surface area contributed by atoms with Gasteiger partial charge in [-0.15, -0.1) is 0 Å². The molecule has 60 valence electrons. The number of nitrogens with two attached hydrogens (primary N) is 1. The van der Waals surface area contributed by atoms with Gasteiger partial charge in [0, 0.05) is 12.3 Å². The molecule has 1 rings (SSSR count). The summed E-state index contributed by atoms with van der Waals surface area (Å²) in [4.78, 5) is 0. The first-order valence-electron chi connectivity index (χ1n) is 3.92. The molecule has 10 heavy (non-hydrogen) atoms. The molecule has 3 N–H and O–H groups in total. The van der Waals surface area contributed by atoms with Crippen LogP contribution in [0.2, 0.25) is 0 Å². The summed E-state index contributed by atoms with van der Waals surface area (Å²) in [7, 11) is 0. The van der Waals surface area contributed by atoms with Crippen LogP contribution < -0.4 is 11.1 Å². The molecule has 0 aromatic rings. The van der Waals surface area contributed by atoms with E-state index >= 15 is 0 Å². The van der Waals surface area contributed by atoms with Crippen molar-refractivity contribution < 1.29 is 0 Å². The van der Waals surface area contributed by atoms with E-state index in [1.165, 1.54) is 25.3 Å². The molecule has 1 aliphatic rings. The van der Waals surface area contributed by atoms with Crippen LogP contribution in [0.15, 0.2) is 0 Å². The van der Waals surface area contributed by atoms with Crippen molar-refractivity contribution in [1.29, 1.82) is 0 Å². The summed E-state index contributed by atoms with van der Waals surface area (Å²) < 4.78 is 0. The highest BCUT2D eigenvalue weighted by molar-refractivity contribution is 7.99. The second kappa shape index (κ2) is 4.99. The average molecular weight is 160 g/mol. The predicted octanol–water partition coefficient (Wildman–Crippen LogP) is 0.288. The van der Waals surface area contributed by atoms with E-state index in [4.69, 9.17) is 5.73 Å². The van der Waals surface area contributed by atoms with Crippen molar-refractivity contribution in [1.82, 2.24) is 5.32 Å². The summed E-state index contributed by atoms with van der Waals surface area (Å²) in [6.45, 7) is 3.26. The Balaban J connectivity index is 1.91.